The van der Waals surface area contributed by atoms with Gasteiger partial charge in [-0.3, -0.25) is 4.79 Å². The Morgan fingerprint density at radius 3 is 2.85 bits per heavy atom. The molecule has 0 bridgehead atoms. The standard InChI is InChI=1S/C9H18N2O2/c1-3-11(2)8-4-7(9(12)13)5-10-6-8/h7-8,10H,3-6H2,1-2H3,(H,12,13)/t7-,8+/m0/s1. The van der Waals surface area contributed by atoms with Crippen LogP contribution in [0.3, 0.4) is 0 Å². The average Bonchev–Trinajstić information content (AvgIpc) is 2.17. The molecule has 0 spiro atoms. The monoisotopic (exact) mass is 186 g/mol. The van der Waals surface area contributed by atoms with Crippen LogP contribution >= 0.6 is 0 Å². The van der Waals surface area contributed by atoms with Crippen LogP contribution in [0.2, 0.25) is 0 Å². The first kappa shape index (κ1) is 10.5. The molecule has 1 saturated heterocycles. The van der Waals surface area contributed by atoms with E-state index in [1.165, 1.54) is 0 Å². The summed E-state index contributed by atoms with van der Waals surface area (Å²) in [6.07, 6.45) is 0.771. The molecule has 1 rings (SSSR count). The van der Waals surface area contributed by atoms with Crippen LogP contribution in [-0.4, -0.2) is 48.7 Å². The highest BCUT2D eigenvalue weighted by Gasteiger charge is 2.28. The second-order valence-corrected chi connectivity index (χ2v) is 3.66. The van der Waals surface area contributed by atoms with Crippen LogP contribution in [0, 0.1) is 5.92 Å². The number of carbonyl (C=O) groups is 1. The van der Waals surface area contributed by atoms with Gasteiger partial charge in [0, 0.05) is 19.1 Å². The van der Waals surface area contributed by atoms with Crippen molar-refractivity contribution in [2.45, 2.75) is 19.4 Å². The van der Waals surface area contributed by atoms with E-state index in [4.69, 9.17) is 5.11 Å². The van der Waals surface area contributed by atoms with E-state index in [1.54, 1.807) is 0 Å². The van der Waals surface area contributed by atoms with E-state index in [0.29, 0.717) is 12.6 Å². The van der Waals surface area contributed by atoms with Crippen molar-refractivity contribution in [1.82, 2.24) is 10.2 Å². The van der Waals surface area contributed by atoms with Crippen molar-refractivity contribution in [2.75, 3.05) is 26.7 Å². The third kappa shape index (κ3) is 2.67. The molecule has 0 radical (unpaired) electrons. The van der Waals surface area contributed by atoms with Crippen molar-refractivity contribution in [1.29, 1.82) is 0 Å². The second-order valence-electron chi connectivity index (χ2n) is 3.66. The zero-order chi connectivity index (χ0) is 9.84. The topological polar surface area (TPSA) is 52.6 Å². The lowest BCUT2D eigenvalue weighted by Gasteiger charge is -2.33. The van der Waals surface area contributed by atoms with E-state index in [-0.39, 0.29) is 5.92 Å². The molecule has 1 aliphatic rings. The van der Waals surface area contributed by atoms with Crippen LogP contribution in [0.15, 0.2) is 0 Å². The number of nitrogens with zero attached hydrogens (tertiary/aromatic N) is 1. The van der Waals surface area contributed by atoms with Crippen molar-refractivity contribution in [2.24, 2.45) is 5.92 Å². The highest BCUT2D eigenvalue weighted by molar-refractivity contribution is 5.70. The maximum absolute atomic E-state index is 10.8. The number of hydrogen-bond donors (Lipinski definition) is 2. The Morgan fingerprint density at radius 2 is 2.31 bits per heavy atom. The number of aliphatic carboxylic acids is 1. The van der Waals surface area contributed by atoms with Crippen molar-refractivity contribution in [3.8, 4) is 0 Å². The van der Waals surface area contributed by atoms with Crippen molar-refractivity contribution >= 4 is 5.97 Å². The maximum Gasteiger partial charge on any atom is 0.307 e. The number of piperidine rings is 1. The fourth-order valence-corrected chi connectivity index (χ4v) is 1.70. The lowest BCUT2D eigenvalue weighted by molar-refractivity contribution is -0.142. The molecule has 1 heterocycles. The first-order valence-corrected chi connectivity index (χ1v) is 4.79. The predicted molar refractivity (Wildman–Crippen MR) is 50.7 cm³/mol. The van der Waals surface area contributed by atoms with Gasteiger partial charge in [0.2, 0.25) is 0 Å². The molecular weight excluding hydrogens is 168 g/mol. The zero-order valence-electron chi connectivity index (χ0n) is 8.29. The fourth-order valence-electron chi connectivity index (χ4n) is 1.70. The van der Waals surface area contributed by atoms with Crippen LogP contribution in [0.25, 0.3) is 0 Å². The van der Waals surface area contributed by atoms with E-state index in [1.807, 2.05) is 7.05 Å². The third-order valence-corrected chi connectivity index (χ3v) is 2.80. The molecule has 4 nitrogen and oxygen atoms in total. The van der Waals surface area contributed by atoms with Crippen LogP contribution in [0.4, 0.5) is 0 Å². The van der Waals surface area contributed by atoms with Gasteiger partial charge in [-0.25, -0.2) is 0 Å². The van der Waals surface area contributed by atoms with Gasteiger partial charge in [0.1, 0.15) is 0 Å². The average molecular weight is 186 g/mol. The van der Waals surface area contributed by atoms with E-state index >= 15 is 0 Å². The van der Waals surface area contributed by atoms with Gasteiger partial charge < -0.3 is 15.3 Å². The first-order valence-electron chi connectivity index (χ1n) is 4.79. The lowest BCUT2D eigenvalue weighted by Crippen LogP contribution is -2.49. The van der Waals surface area contributed by atoms with Gasteiger partial charge in [0.05, 0.1) is 5.92 Å². The summed E-state index contributed by atoms with van der Waals surface area (Å²) >= 11 is 0. The molecular formula is C9H18N2O2. The molecule has 76 valence electrons. The second kappa shape index (κ2) is 4.58. The SMILES string of the molecule is CCN(C)[C@H]1CNC[C@@H](C(=O)O)C1. The number of carboxylic acids is 1. The summed E-state index contributed by atoms with van der Waals surface area (Å²) in [6.45, 7) is 4.58. The quantitative estimate of drug-likeness (QED) is 0.651. The molecule has 2 N–H and O–H groups in total. The normalized spacial score (nSPS) is 29.2. The predicted octanol–water partition coefficient (Wildman–Crippen LogP) is 0.000800. The number of rotatable bonds is 3. The highest BCUT2D eigenvalue weighted by atomic mass is 16.4. The van der Waals surface area contributed by atoms with Gasteiger partial charge in [0.15, 0.2) is 0 Å². The minimum absolute atomic E-state index is 0.215. The van der Waals surface area contributed by atoms with E-state index < -0.39 is 5.97 Å². The van der Waals surface area contributed by atoms with Crippen LogP contribution in [-0.2, 0) is 4.79 Å². The Hall–Kier alpha value is -0.610. The van der Waals surface area contributed by atoms with Gasteiger partial charge in [-0.2, -0.15) is 0 Å². The molecule has 0 aromatic rings. The molecule has 1 fully saturated rings. The van der Waals surface area contributed by atoms with Crippen LogP contribution < -0.4 is 5.32 Å². The lowest BCUT2D eigenvalue weighted by atomic mass is 9.95. The van der Waals surface area contributed by atoms with Crippen LogP contribution in [0.5, 0.6) is 0 Å². The largest absolute Gasteiger partial charge is 0.481 e. The molecule has 4 heteroatoms. The Bertz CT molecular complexity index is 184. The highest BCUT2D eigenvalue weighted by Crippen LogP contribution is 2.14. The summed E-state index contributed by atoms with van der Waals surface area (Å²) in [7, 11) is 2.04. The summed E-state index contributed by atoms with van der Waals surface area (Å²) in [4.78, 5) is 12.9. The number of hydrogen-bond acceptors (Lipinski definition) is 3. The summed E-state index contributed by atoms with van der Waals surface area (Å²) in [5.74, 6) is -0.894. The molecule has 2 atom stereocenters. The summed E-state index contributed by atoms with van der Waals surface area (Å²) in [5, 5.41) is 12.0. The fraction of sp³-hybridized carbons (Fsp3) is 0.889. The van der Waals surface area contributed by atoms with E-state index in [9.17, 15) is 4.79 Å². The molecule has 0 aromatic carbocycles. The minimum atomic E-state index is -0.679. The third-order valence-electron chi connectivity index (χ3n) is 2.80. The Morgan fingerprint density at radius 1 is 1.62 bits per heavy atom. The van der Waals surface area contributed by atoms with Gasteiger partial charge in [-0.1, -0.05) is 6.92 Å². The van der Waals surface area contributed by atoms with Crippen LogP contribution in [0.1, 0.15) is 13.3 Å². The van der Waals surface area contributed by atoms with Gasteiger partial charge in [0.25, 0.3) is 0 Å². The first-order chi connectivity index (χ1) is 6.15. The molecule has 1 aliphatic heterocycles. The summed E-state index contributed by atoms with van der Waals surface area (Å²) in [6, 6.07) is 0.375. The van der Waals surface area contributed by atoms with Gasteiger partial charge in [-0.05, 0) is 20.0 Å². The molecule has 13 heavy (non-hydrogen) atoms. The Kier molecular flexibility index (Phi) is 3.69. The van der Waals surface area contributed by atoms with E-state index in [0.717, 1.165) is 19.5 Å². The van der Waals surface area contributed by atoms with Gasteiger partial charge in [-0.15, -0.1) is 0 Å². The minimum Gasteiger partial charge on any atom is -0.481 e. The molecule has 0 saturated carbocycles. The smallest absolute Gasteiger partial charge is 0.307 e. The Balaban J connectivity index is 2.46. The number of carboxylic acid groups (broad SMARTS) is 1. The summed E-state index contributed by atoms with van der Waals surface area (Å²) < 4.78 is 0. The Labute approximate surface area is 78.9 Å². The molecule has 0 aromatic heterocycles. The van der Waals surface area contributed by atoms with Crippen molar-refractivity contribution < 1.29 is 9.90 Å². The molecule has 0 amide bonds. The zero-order valence-corrected chi connectivity index (χ0v) is 8.29. The maximum atomic E-state index is 10.8. The van der Waals surface area contributed by atoms with E-state index in [2.05, 4.69) is 17.1 Å². The number of nitrogens with one attached hydrogen (secondary N) is 1. The van der Waals surface area contributed by atoms with Gasteiger partial charge >= 0.3 is 5.97 Å². The summed E-state index contributed by atoms with van der Waals surface area (Å²) in [5.41, 5.74) is 0. The van der Waals surface area contributed by atoms with Crippen molar-refractivity contribution in [3.63, 3.8) is 0 Å². The molecule has 0 aliphatic carbocycles. The molecule has 0 unspecified atom stereocenters. The number of likely N-dealkylation sites (N-methyl/N-ethyl adjacent to an activating group) is 1. The van der Waals surface area contributed by atoms with Crippen molar-refractivity contribution in [3.05, 3.63) is 0 Å².